The normalized spacial score (nSPS) is 11.3. The molecule has 0 saturated carbocycles. The molecule has 0 unspecified atom stereocenters. The van der Waals surface area contributed by atoms with Gasteiger partial charge in [0, 0.05) is 12.7 Å². The van der Waals surface area contributed by atoms with Crippen molar-refractivity contribution in [2.45, 2.75) is 11.4 Å². The molecule has 0 spiro atoms. The number of nitrogens with one attached hydrogen (secondary N) is 1. The van der Waals surface area contributed by atoms with Crippen LogP contribution in [0.3, 0.4) is 0 Å². The molecule has 2 rings (SSSR count). The molecule has 5 nitrogen and oxygen atoms in total. The molecule has 3 N–H and O–H groups in total. The number of hydrogen-bond donors (Lipinski definition) is 2. The molecule has 0 saturated heterocycles. The van der Waals surface area contributed by atoms with Crippen molar-refractivity contribution >= 4 is 15.8 Å². The quantitative estimate of drug-likeness (QED) is 0.898. The molecule has 0 amide bonds. The zero-order valence-corrected chi connectivity index (χ0v) is 11.0. The molecule has 1 heterocycles. The topological polar surface area (TPSA) is 85.1 Å². The molecule has 0 aliphatic carbocycles. The van der Waals surface area contributed by atoms with Gasteiger partial charge in [-0.25, -0.2) is 22.2 Å². The van der Waals surface area contributed by atoms with Crippen LogP contribution in [-0.2, 0) is 16.6 Å². The summed E-state index contributed by atoms with van der Waals surface area (Å²) in [7, 11) is -4.28. The number of rotatable bonds is 4. The minimum Gasteiger partial charge on any atom is -0.326 e. The van der Waals surface area contributed by atoms with E-state index < -0.39 is 26.6 Å². The lowest BCUT2D eigenvalue weighted by Gasteiger charge is -2.10. The SMILES string of the molecule is NCc1cc(F)c(F)c(S(=O)(=O)Nc2ccccn2)c1. The smallest absolute Gasteiger partial charge is 0.266 e. The van der Waals surface area contributed by atoms with Gasteiger partial charge in [-0.15, -0.1) is 0 Å². The number of pyridine rings is 1. The predicted molar refractivity (Wildman–Crippen MR) is 69.3 cm³/mol. The van der Waals surface area contributed by atoms with E-state index >= 15 is 0 Å². The second kappa shape index (κ2) is 5.51. The summed E-state index contributed by atoms with van der Waals surface area (Å²) in [5, 5.41) is 0. The van der Waals surface area contributed by atoms with E-state index in [1.165, 1.54) is 12.3 Å². The standard InChI is InChI=1S/C12H11F2N3O2S/c13-9-5-8(7-15)6-10(12(9)14)20(18,19)17-11-3-1-2-4-16-11/h1-6H,7,15H2,(H,16,17). The maximum Gasteiger partial charge on any atom is 0.266 e. The fraction of sp³-hybridized carbons (Fsp3) is 0.0833. The summed E-state index contributed by atoms with van der Waals surface area (Å²) in [5.74, 6) is -2.72. The first-order valence-corrected chi connectivity index (χ1v) is 7.04. The highest BCUT2D eigenvalue weighted by atomic mass is 32.2. The molecular weight excluding hydrogens is 288 g/mol. The van der Waals surface area contributed by atoms with Crippen LogP contribution in [0.2, 0.25) is 0 Å². The minimum absolute atomic E-state index is 0.00506. The van der Waals surface area contributed by atoms with Crippen molar-refractivity contribution in [3.05, 3.63) is 53.7 Å². The summed E-state index contributed by atoms with van der Waals surface area (Å²) in [6.45, 7) is -0.108. The monoisotopic (exact) mass is 299 g/mol. The van der Waals surface area contributed by atoms with Gasteiger partial charge < -0.3 is 5.73 Å². The zero-order chi connectivity index (χ0) is 14.8. The second-order valence-electron chi connectivity index (χ2n) is 3.91. The van der Waals surface area contributed by atoms with Crippen molar-refractivity contribution in [2.75, 3.05) is 4.72 Å². The van der Waals surface area contributed by atoms with Crippen LogP contribution >= 0.6 is 0 Å². The lowest BCUT2D eigenvalue weighted by molar-refractivity contribution is 0.483. The van der Waals surface area contributed by atoms with Gasteiger partial charge in [-0.2, -0.15) is 0 Å². The Kier molecular flexibility index (Phi) is 3.96. The average Bonchev–Trinajstić information content (AvgIpc) is 2.42. The third-order valence-corrected chi connectivity index (χ3v) is 3.84. The third kappa shape index (κ3) is 2.91. The van der Waals surface area contributed by atoms with Crippen molar-refractivity contribution in [1.29, 1.82) is 0 Å². The summed E-state index contributed by atoms with van der Waals surface area (Å²) in [5.41, 5.74) is 5.49. The van der Waals surface area contributed by atoms with E-state index in [-0.39, 0.29) is 17.9 Å². The fourth-order valence-corrected chi connectivity index (χ4v) is 2.69. The molecule has 0 radical (unpaired) electrons. The minimum atomic E-state index is -4.28. The molecule has 0 fully saturated rings. The van der Waals surface area contributed by atoms with E-state index in [1.807, 2.05) is 0 Å². The number of hydrogen-bond acceptors (Lipinski definition) is 4. The number of aromatic nitrogens is 1. The Morgan fingerprint density at radius 3 is 2.60 bits per heavy atom. The zero-order valence-electron chi connectivity index (χ0n) is 10.2. The predicted octanol–water partition coefficient (Wildman–Crippen LogP) is 1.62. The Balaban J connectivity index is 2.47. The number of nitrogens with two attached hydrogens (primary N) is 1. The van der Waals surface area contributed by atoms with Crippen LogP contribution in [0.25, 0.3) is 0 Å². The number of benzene rings is 1. The molecule has 0 aliphatic rings. The van der Waals surface area contributed by atoms with Gasteiger partial charge in [0.25, 0.3) is 10.0 Å². The van der Waals surface area contributed by atoms with Crippen LogP contribution in [0.15, 0.2) is 41.4 Å². The first kappa shape index (κ1) is 14.4. The second-order valence-corrected chi connectivity index (χ2v) is 5.57. The Labute approximate surface area is 114 Å². The van der Waals surface area contributed by atoms with Crippen molar-refractivity contribution in [3.8, 4) is 0 Å². The molecule has 1 aromatic carbocycles. The van der Waals surface area contributed by atoms with Crippen molar-refractivity contribution in [1.82, 2.24) is 4.98 Å². The van der Waals surface area contributed by atoms with Crippen molar-refractivity contribution < 1.29 is 17.2 Å². The maximum atomic E-state index is 13.7. The number of nitrogens with zero attached hydrogens (tertiary/aromatic N) is 1. The van der Waals surface area contributed by atoms with Gasteiger partial charge in [0.15, 0.2) is 11.6 Å². The molecule has 0 aliphatic heterocycles. The Morgan fingerprint density at radius 1 is 1.25 bits per heavy atom. The van der Waals surface area contributed by atoms with Gasteiger partial charge in [0.1, 0.15) is 10.7 Å². The van der Waals surface area contributed by atoms with E-state index in [9.17, 15) is 17.2 Å². The highest BCUT2D eigenvalue weighted by Gasteiger charge is 2.23. The lowest BCUT2D eigenvalue weighted by Crippen LogP contribution is -2.17. The molecule has 2 aromatic rings. The summed E-state index contributed by atoms with van der Waals surface area (Å²) in [4.78, 5) is 2.95. The Bertz CT molecular complexity index is 721. The van der Waals surface area contributed by atoms with Crippen LogP contribution in [0.4, 0.5) is 14.6 Å². The maximum absolute atomic E-state index is 13.7. The van der Waals surface area contributed by atoms with Crippen LogP contribution in [-0.4, -0.2) is 13.4 Å². The molecular formula is C12H11F2N3O2S. The lowest BCUT2D eigenvalue weighted by atomic mass is 10.2. The van der Waals surface area contributed by atoms with Gasteiger partial charge in [0.2, 0.25) is 0 Å². The number of sulfonamides is 1. The van der Waals surface area contributed by atoms with Crippen LogP contribution < -0.4 is 10.5 Å². The molecule has 1 aromatic heterocycles. The molecule has 0 bridgehead atoms. The summed E-state index contributed by atoms with van der Waals surface area (Å²) >= 11 is 0. The van der Waals surface area contributed by atoms with Crippen LogP contribution in [0, 0.1) is 11.6 Å². The molecule has 8 heteroatoms. The molecule has 106 valence electrons. The number of anilines is 1. The van der Waals surface area contributed by atoms with Gasteiger partial charge in [-0.3, -0.25) is 4.72 Å². The largest absolute Gasteiger partial charge is 0.326 e. The summed E-state index contributed by atoms with van der Waals surface area (Å²) in [6.07, 6.45) is 1.37. The first-order chi connectivity index (χ1) is 9.44. The Morgan fingerprint density at radius 2 is 2.00 bits per heavy atom. The van der Waals surface area contributed by atoms with E-state index in [0.717, 1.165) is 12.1 Å². The average molecular weight is 299 g/mol. The van der Waals surface area contributed by atoms with Gasteiger partial charge >= 0.3 is 0 Å². The first-order valence-electron chi connectivity index (χ1n) is 5.56. The van der Waals surface area contributed by atoms with Crippen LogP contribution in [0.5, 0.6) is 0 Å². The van der Waals surface area contributed by atoms with E-state index in [4.69, 9.17) is 5.73 Å². The van der Waals surface area contributed by atoms with Gasteiger partial charge in [-0.1, -0.05) is 6.07 Å². The molecule has 20 heavy (non-hydrogen) atoms. The third-order valence-electron chi connectivity index (χ3n) is 2.48. The van der Waals surface area contributed by atoms with Gasteiger partial charge in [0.05, 0.1) is 0 Å². The van der Waals surface area contributed by atoms with Crippen LogP contribution in [0.1, 0.15) is 5.56 Å². The fourth-order valence-electron chi connectivity index (χ4n) is 1.55. The van der Waals surface area contributed by atoms with E-state index in [1.54, 1.807) is 12.1 Å². The van der Waals surface area contributed by atoms with Crippen molar-refractivity contribution in [3.63, 3.8) is 0 Å². The van der Waals surface area contributed by atoms with Gasteiger partial charge in [-0.05, 0) is 29.8 Å². The highest BCUT2D eigenvalue weighted by molar-refractivity contribution is 7.92. The summed E-state index contributed by atoms with van der Waals surface area (Å²) in [6, 6.07) is 6.38. The highest BCUT2D eigenvalue weighted by Crippen LogP contribution is 2.21. The van der Waals surface area contributed by atoms with E-state index in [2.05, 4.69) is 9.71 Å². The number of halogens is 2. The Hall–Kier alpha value is -2.06. The summed E-state index contributed by atoms with van der Waals surface area (Å²) < 4.78 is 53.2. The van der Waals surface area contributed by atoms with E-state index in [0.29, 0.717) is 0 Å². The van der Waals surface area contributed by atoms with Crippen molar-refractivity contribution in [2.24, 2.45) is 5.73 Å². The molecule has 0 atom stereocenters.